The van der Waals surface area contributed by atoms with Crippen molar-refractivity contribution < 1.29 is 4.79 Å². The number of rotatable bonds is 4. The van der Waals surface area contributed by atoms with E-state index in [4.69, 9.17) is 0 Å². The zero-order valence-electron chi connectivity index (χ0n) is 13.1. The zero-order chi connectivity index (χ0) is 16.2. The molecule has 0 saturated heterocycles. The smallest absolute Gasteiger partial charge is 0.249 e. The second kappa shape index (κ2) is 6.38. The van der Waals surface area contributed by atoms with Crippen molar-refractivity contribution >= 4 is 29.0 Å². The Labute approximate surface area is 129 Å². The number of hydrogen-bond acceptors (Lipinski definition) is 6. The van der Waals surface area contributed by atoms with Gasteiger partial charge in [0.1, 0.15) is 0 Å². The van der Waals surface area contributed by atoms with Crippen molar-refractivity contribution in [2.75, 3.05) is 16.0 Å². The minimum atomic E-state index is -0.104. The molecule has 0 fully saturated rings. The average Bonchev–Trinajstić information content (AvgIpc) is 2.39. The molecule has 0 aliphatic rings. The lowest BCUT2D eigenvalue weighted by Gasteiger charge is -2.20. The first-order chi connectivity index (χ1) is 10.3. The highest BCUT2D eigenvalue weighted by molar-refractivity contribution is 5.88. The van der Waals surface area contributed by atoms with Crippen LogP contribution in [0.5, 0.6) is 0 Å². The van der Waals surface area contributed by atoms with Gasteiger partial charge >= 0.3 is 0 Å². The largest absolute Gasteiger partial charge is 0.364 e. The first kappa shape index (κ1) is 15.7. The Morgan fingerprint density at radius 2 is 1.73 bits per heavy atom. The zero-order valence-corrected chi connectivity index (χ0v) is 13.1. The lowest BCUT2D eigenvalue weighted by Crippen LogP contribution is -2.27. The molecule has 0 unspecified atom stereocenters. The van der Waals surface area contributed by atoms with Crippen molar-refractivity contribution in [2.45, 2.75) is 33.2 Å². The number of aromatic nitrogens is 3. The maximum Gasteiger partial charge on any atom is 0.249 e. The van der Waals surface area contributed by atoms with E-state index in [9.17, 15) is 4.79 Å². The van der Waals surface area contributed by atoms with E-state index >= 15 is 0 Å². The van der Waals surface area contributed by atoms with Crippen molar-refractivity contribution in [2.24, 2.45) is 0 Å². The van der Waals surface area contributed by atoms with Crippen LogP contribution in [0.1, 0.15) is 27.7 Å². The number of benzene rings is 1. The molecule has 0 aliphatic heterocycles. The minimum absolute atomic E-state index is 0.103. The monoisotopic (exact) mass is 300 g/mol. The fraction of sp³-hybridized carbons (Fsp3) is 0.333. The topological polar surface area (TPSA) is 91.8 Å². The Morgan fingerprint density at radius 3 is 2.32 bits per heavy atom. The molecule has 22 heavy (non-hydrogen) atoms. The van der Waals surface area contributed by atoms with Gasteiger partial charge in [0, 0.05) is 23.8 Å². The molecule has 7 nitrogen and oxygen atoms in total. The van der Waals surface area contributed by atoms with Gasteiger partial charge in [-0.05, 0) is 45.0 Å². The van der Waals surface area contributed by atoms with Gasteiger partial charge in [-0.15, -0.1) is 5.10 Å². The van der Waals surface area contributed by atoms with Gasteiger partial charge in [-0.25, -0.2) is 0 Å². The van der Waals surface area contributed by atoms with Gasteiger partial charge in [-0.2, -0.15) is 10.1 Å². The van der Waals surface area contributed by atoms with E-state index < -0.39 is 0 Å². The average molecular weight is 300 g/mol. The lowest BCUT2D eigenvalue weighted by molar-refractivity contribution is -0.114. The highest BCUT2D eigenvalue weighted by Gasteiger charge is 2.11. The van der Waals surface area contributed by atoms with Crippen molar-refractivity contribution in [3.8, 4) is 0 Å². The Hall–Kier alpha value is -2.70. The summed E-state index contributed by atoms with van der Waals surface area (Å²) in [4.78, 5) is 15.3. The van der Waals surface area contributed by atoms with Gasteiger partial charge in [0.25, 0.3) is 0 Å². The molecule has 2 aromatic rings. The number of carbonyl (C=O) groups is 1. The lowest BCUT2D eigenvalue weighted by atomic mass is 10.1. The van der Waals surface area contributed by atoms with Gasteiger partial charge in [0.05, 0.1) is 6.20 Å². The summed E-state index contributed by atoms with van der Waals surface area (Å²) in [6, 6.07) is 7.26. The Balaban J connectivity index is 2.07. The summed E-state index contributed by atoms with van der Waals surface area (Å²) in [7, 11) is 0. The highest BCUT2D eigenvalue weighted by Crippen LogP contribution is 2.18. The molecule has 0 atom stereocenters. The molecule has 1 heterocycles. The van der Waals surface area contributed by atoms with E-state index in [0.29, 0.717) is 11.8 Å². The van der Waals surface area contributed by atoms with E-state index in [2.05, 4.69) is 31.1 Å². The molecule has 1 aromatic carbocycles. The van der Waals surface area contributed by atoms with Crippen LogP contribution in [0.15, 0.2) is 30.5 Å². The van der Waals surface area contributed by atoms with Gasteiger partial charge < -0.3 is 16.0 Å². The highest BCUT2D eigenvalue weighted by atomic mass is 16.1. The van der Waals surface area contributed by atoms with E-state index in [1.807, 2.05) is 32.9 Å². The molecular formula is C15H20N6O. The van der Waals surface area contributed by atoms with Gasteiger partial charge in [-0.3, -0.25) is 4.79 Å². The van der Waals surface area contributed by atoms with E-state index in [-0.39, 0.29) is 11.4 Å². The van der Waals surface area contributed by atoms with Gasteiger partial charge in [0.2, 0.25) is 11.9 Å². The predicted octanol–water partition coefficient (Wildman–Crippen LogP) is 2.78. The van der Waals surface area contributed by atoms with Crippen LogP contribution in [0.3, 0.4) is 0 Å². The molecule has 2 rings (SSSR count). The van der Waals surface area contributed by atoms with Gasteiger partial charge in [0.15, 0.2) is 5.82 Å². The van der Waals surface area contributed by atoms with E-state index in [0.717, 1.165) is 11.4 Å². The van der Waals surface area contributed by atoms with Crippen molar-refractivity contribution in [1.82, 2.24) is 15.2 Å². The minimum Gasteiger partial charge on any atom is -0.364 e. The SMILES string of the molecule is CC(=O)Nc1ccc(Nc2nncc(NC(C)(C)C)n2)cc1. The summed E-state index contributed by atoms with van der Waals surface area (Å²) < 4.78 is 0. The van der Waals surface area contributed by atoms with Crippen molar-refractivity contribution in [3.63, 3.8) is 0 Å². The standard InChI is InChI=1S/C15H20N6O/c1-10(22)17-11-5-7-12(8-6-11)18-14-19-13(9-16-21-14)20-15(2,3)4/h5-9H,1-4H3,(H,17,22)(H2,18,19,20,21). The van der Waals surface area contributed by atoms with Crippen LogP contribution in [0, 0.1) is 0 Å². The normalized spacial score (nSPS) is 10.9. The third kappa shape index (κ3) is 5.01. The van der Waals surface area contributed by atoms with E-state index in [1.165, 1.54) is 6.92 Å². The van der Waals surface area contributed by atoms with Crippen LogP contribution in [0.25, 0.3) is 0 Å². The third-order valence-corrected chi connectivity index (χ3v) is 2.52. The molecule has 0 radical (unpaired) electrons. The second-order valence-electron chi connectivity index (χ2n) is 5.92. The van der Waals surface area contributed by atoms with Crippen LogP contribution in [-0.4, -0.2) is 26.6 Å². The van der Waals surface area contributed by atoms with Crippen LogP contribution in [0.2, 0.25) is 0 Å². The summed E-state index contributed by atoms with van der Waals surface area (Å²) in [5.41, 5.74) is 1.44. The molecular weight excluding hydrogens is 280 g/mol. The molecule has 1 aromatic heterocycles. The van der Waals surface area contributed by atoms with E-state index in [1.54, 1.807) is 18.3 Å². The molecule has 116 valence electrons. The van der Waals surface area contributed by atoms with Crippen LogP contribution >= 0.6 is 0 Å². The second-order valence-corrected chi connectivity index (χ2v) is 5.92. The maximum absolute atomic E-state index is 11.0. The number of amides is 1. The molecule has 0 bridgehead atoms. The fourth-order valence-corrected chi connectivity index (χ4v) is 1.77. The number of nitrogens with one attached hydrogen (secondary N) is 3. The summed E-state index contributed by atoms with van der Waals surface area (Å²) in [6.07, 6.45) is 1.58. The molecule has 0 spiro atoms. The predicted molar refractivity (Wildman–Crippen MR) is 87.2 cm³/mol. The Bertz CT molecular complexity index is 648. The fourth-order valence-electron chi connectivity index (χ4n) is 1.77. The Kier molecular flexibility index (Phi) is 4.55. The molecule has 3 N–H and O–H groups in total. The number of nitrogens with zero attached hydrogens (tertiary/aromatic N) is 3. The third-order valence-electron chi connectivity index (χ3n) is 2.52. The maximum atomic E-state index is 11.0. The molecule has 1 amide bonds. The van der Waals surface area contributed by atoms with Crippen molar-refractivity contribution in [1.29, 1.82) is 0 Å². The first-order valence-electron chi connectivity index (χ1n) is 6.94. The number of carbonyl (C=O) groups excluding carboxylic acids is 1. The Morgan fingerprint density at radius 1 is 1.09 bits per heavy atom. The number of anilines is 4. The summed E-state index contributed by atoms with van der Waals surface area (Å²) >= 11 is 0. The quantitative estimate of drug-likeness (QED) is 0.804. The molecule has 0 aliphatic carbocycles. The molecule has 7 heteroatoms. The molecule has 0 saturated carbocycles. The van der Waals surface area contributed by atoms with Crippen LogP contribution < -0.4 is 16.0 Å². The summed E-state index contributed by atoms with van der Waals surface area (Å²) in [5.74, 6) is 0.954. The van der Waals surface area contributed by atoms with Crippen LogP contribution in [0.4, 0.5) is 23.1 Å². The number of hydrogen-bond donors (Lipinski definition) is 3. The van der Waals surface area contributed by atoms with Crippen molar-refractivity contribution in [3.05, 3.63) is 30.5 Å². The first-order valence-corrected chi connectivity index (χ1v) is 6.94. The van der Waals surface area contributed by atoms with Gasteiger partial charge in [-0.1, -0.05) is 0 Å². The summed E-state index contributed by atoms with van der Waals surface area (Å²) in [5, 5.41) is 16.9. The summed E-state index contributed by atoms with van der Waals surface area (Å²) in [6.45, 7) is 7.61. The van der Waals surface area contributed by atoms with Crippen LogP contribution in [-0.2, 0) is 4.79 Å².